The number of nitrogens with zero attached hydrogens (tertiary/aromatic N) is 2. The SMILES string of the molecule is CC.CNc1cc(NC2CCOCC2)ncc1C.Cc1cnc(NC2CCOC2)cc1C. The summed E-state index contributed by atoms with van der Waals surface area (Å²) in [6, 6.07) is 5.08. The van der Waals surface area contributed by atoms with Crippen molar-refractivity contribution in [1.82, 2.24) is 9.97 Å². The lowest BCUT2D eigenvalue weighted by atomic mass is 10.1. The van der Waals surface area contributed by atoms with E-state index in [4.69, 9.17) is 9.47 Å². The molecule has 0 saturated carbocycles. The first-order valence-corrected chi connectivity index (χ1v) is 11.8. The molecule has 3 N–H and O–H groups in total. The molecule has 0 spiro atoms. The highest BCUT2D eigenvalue weighted by atomic mass is 16.5. The summed E-state index contributed by atoms with van der Waals surface area (Å²) in [7, 11) is 1.93. The zero-order chi connectivity index (χ0) is 23.3. The van der Waals surface area contributed by atoms with Crippen LogP contribution in [0, 0.1) is 20.8 Å². The van der Waals surface area contributed by atoms with Gasteiger partial charge in [-0.3, -0.25) is 0 Å². The number of aromatic nitrogens is 2. The Morgan fingerprint density at radius 3 is 1.91 bits per heavy atom. The maximum absolute atomic E-state index is 5.33. The first-order valence-electron chi connectivity index (χ1n) is 11.8. The number of pyridine rings is 2. The van der Waals surface area contributed by atoms with Gasteiger partial charge in [-0.15, -0.1) is 0 Å². The molecule has 32 heavy (non-hydrogen) atoms. The smallest absolute Gasteiger partial charge is 0.128 e. The van der Waals surface area contributed by atoms with Crippen LogP contribution in [-0.2, 0) is 9.47 Å². The van der Waals surface area contributed by atoms with Gasteiger partial charge in [0.25, 0.3) is 0 Å². The van der Waals surface area contributed by atoms with E-state index in [2.05, 4.69) is 58.8 Å². The van der Waals surface area contributed by atoms with E-state index in [-0.39, 0.29) is 0 Å². The number of nitrogens with one attached hydrogen (secondary N) is 3. The Hall–Kier alpha value is -2.38. The van der Waals surface area contributed by atoms with Crippen molar-refractivity contribution in [2.24, 2.45) is 0 Å². The lowest BCUT2D eigenvalue weighted by Crippen LogP contribution is -2.28. The van der Waals surface area contributed by atoms with Gasteiger partial charge in [-0.2, -0.15) is 0 Å². The molecule has 2 aliphatic rings. The van der Waals surface area contributed by atoms with Gasteiger partial charge < -0.3 is 25.4 Å². The third-order valence-electron chi connectivity index (χ3n) is 5.60. The van der Waals surface area contributed by atoms with Crippen LogP contribution in [0.1, 0.15) is 49.8 Å². The molecule has 4 rings (SSSR count). The molecule has 0 aromatic carbocycles. The van der Waals surface area contributed by atoms with Crippen molar-refractivity contribution in [3.8, 4) is 0 Å². The Morgan fingerprint density at radius 2 is 1.31 bits per heavy atom. The molecule has 0 aliphatic carbocycles. The van der Waals surface area contributed by atoms with Gasteiger partial charge in [0.1, 0.15) is 11.6 Å². The van der Waals surface area contributed by atoms with Gasteiger partial charge in [0.15, 0.2) is 0 Å². The highest BCUT2D eigenvalue weighted by Crippen LogP contribution is 2.19. The summed E-state index contributed by atoms with van der Waals surface area (Å²) in [6.07, 6.45) is 7.00. The Morgan fingerprint density at radius 1 is 0.750 bits per heavy atom. The number of hydrogen-bond donors (Lipinski definition) is 3. The van der Waals surface area contributed by atoms with Crippen LogP contribution in [0.15, 0.2) is 24.5 Å². The molecule has 1 unspecified atom stereocenters. The number of anilines is 3. The average molecular weight is 444 g/mol. The minimum absolute atomic E-state index is 0.435. The summed E-state index contributed by atoms with van der Waals surface area (Å²) in [6.45, 7) is 13.6. The maximum atomic E-state index is 5.33. The van der Waals surface area contributed by atoms with Crippen LogP contribution < -0.4 is 16.0 Å². The molecule has 4 heterocycles. The van der Waals surface area contributed by atoms with E-state index in [1.54, 1.807) is 0 Å². The van der Waals surface area contributed by atoms with Crippen molar-refractivity contribution in [1.29, 1.82) is 0 Å². The van der Waals surface area contributed by atoms with Crippen molar-refractivity contribution >= 4 is 17.3 Å². The third kappa shape index (κ3) is 8.28. The van der Waals surface area contributed by atoms with Crippen molar-refractivity contribution in [2.75, 3.05) is 49.4 Å². The van der Waals surface area contributed by atoms with Crippen LogP contribution in [0.4, 0.5) is 17.3 Å². The summed E-state index contributed by atoms with van der Waals surface area (Å²) >= 11 is 0. The molecule has 2 aromatic heterocycles. The lowest BCUT2D eigenvalue weighted by molar-refractivity contribution is 0.0904. The van der Waals surface area contributed by atoms with Gasteiger partial charge >= 0.3 is 0 Å². The maximum Gasteiger partial charge on any atom is 0.128 e. The minimum Gasteiger partial charge on any atom is -0.388 e. The molecule has 178 valence electrons. The van der Waals surface area contributed by atoms with E-state index >= 15 is 0 Å². The summed E-state index contributed by atoms with van der Waals surface area (Å²) in [5.41, 5.74) is 4.81. The number of ether oxygens (including phenoxy) is 2. The standard InChI is InChI=1S/C12H19N3O.C11H16N2O.C2H6/c1-9-8-14-12(7-11(9)13-2)15-10-3-5-16-6-4-10;1-8-5-11(12-6-9(8)2)13-10-3-4-14-7-10;1-2/h7-8,10H,3-6H2,1-2H3,(H2,13,14,15);5-6,10H,3-4,7H2,1-2H3,(H,12,13);1-2H3. The zero-order valence-electron chi connectivity index (χ0n) is 20.6. The van der Waals surface area contributed by atoms with Crippen molar-refractivity contribution in [3.63, 3.8) is 0 Å². The van der Waals surface area contributed by atoms with Crippen molar-refractivity contribution in [2.45, 2.75) is 66.0 Å². The van der Waals surface area contributed by atoms with E-state index in [1.807, 2.05) is 33.3 Å². The highest BCUT2D eigenvalue weighted by Gasteiger charge is 2.15. The van der Waals surface area contributed by atoms with E-state index in [0.717, 1.165) is 63.0 Å². The second-order valence-electron chi connectivity index (χ2n) is 8.02. The van der Waals surface area contributed by atoms with Crippen LogP contribution in [-0.4, -0.2) is 55.5 Å². The Labute approximate surface area is 193 Å². The van der Waals surface area contributed by atoms with E-state index in [1.165, 1.54) is 16.7 Å². The molecule has 7 nitrogen and oxygen atoms in total. The second kappa shape index (κ2) is 13.9. The number of hydrogen-bond acceptors (Lipinski definition) is 7. The third-order valence-corrected chi connectivity index (χ3v) is 5.60. The molecule has 2 aliphatic heterocycles. The molecule has 0 amide bonds. The minimum atomic E-state index is 0.435. The number of aryl methyl sites for hydroxylation is 3. The monoisotopic (exact) mass is 443 g/mol. The number of rotatable bonds is 5. The van der Waals surface area contributed by atoms with Crippen LogP contribution >= 0.6 is 0 Å². The quantitative estimate of drug-likeness (QED) is 0.603. The molecule has 0 radical (unpaired) electrons. The van der Waals surface area contributed by atoms with Gasteiger partial charge in [0, 0.05) is 57.1 Å². The zero-order valence-corrected chi connectivity index (χ0v) is 20.6. The van der Waals surface area contributed by atoms with Gasteiger partial charge in [-0.1, -0.05) is 13.8 Å². The van der Waals surface area contributed by atoms with Crippen molar-refractivity contribution < 1.29 is 9.47 Å². The van der Waals surface area contributed by atoms with Gasteiger partial charge in [0.2, 0.25) is 0 Å². The normalized spacial score (nSPS) is 18.0. The van der Waals surface area contributed by atoms with Gasteiger partial charge in [-0.25, -0.2) is 9.97 Å². The van der Waals surface area contributed by atoms with E-state index < -0.39 is 0 Å². The molecule has 7 heteroatoms. The molecule has 2 saturated heterocycles. The topological polar surface area (TPSA) is 80.3 Å². The fourth-order valence-electron chi connectivity index (χ4n) is 3.48. The fraction of sp³-hybridized carbons (Fsp3) is 0.600. The molecule has 2 aromatic rings. The van der Waals surface area contributed by atoms with E-state index in [0.29, 0.717) is 12.1 Å². The lowest BCUT2D eigenvalue weighted by Gasteiger charge is -2.23. The largest absolute Gasteiger partial charge is 0.388 e. The summed E-state index contributed by atoms with van der Waals surface area (Å²) in [5.74, 6) is 1.91. The fourth-order valence-corrected chi connectivity index (χ4v) is 3.48. The summed E-state index contributed by atoms with van der Waals surface area (Å²) in [4.78, 5) is 8.72. The van der Waals surface area contributed by atoms with Crippen LogP contribution in [0.25, 0.3) is 0 Å². The van der Waals surface area contributed by atoms with Crippen LogP contribution in [0.3, 0.4) is 0 Å². The highest BCUT2D eigenvalue weighted by molar-refractivity contribution is 5.56. The molecule has 0 bridgehead atoms. The Kier molecular flexibility index (Phi) is 11.2. The van der Waals surface area contributed by atoms with Crippen molar-refractivity contribution in [3.05, 3.63) is 41.2 Å². The second-order valence-corrected chi connectivity index (χ2v) is 8.02. The first kappa shape index (κ1) is 25.9. The van der Waals surface area contributed by atoms with Crippen LogP contribution in [0.5, 0.6) is 0 Å². The first-order chi connectivity index (χ1) is 15.5. The van der Waals surface area contributed by atoms with Crippen LogP contribution in [0.2, 0.25) is 0 Å². The van der Waals surface area contributed by atoms with E-state index in [9.17, 15) is 0 Å². The molecule has 2 fully saturated rings. The summed E-state index contributed by atoms with van der Waals surface area (Å²) in [5, 5.41) is 9.99. The summed E-state index contributed by atoms with van der Waals surface area (Å²) < 4.78 is 10.6. The average Bonchev–Trinajstić information content (AvgIpc) is 3.33. The predicted octanol–water partition coefficient (Wildman–Crippen LogP) is 4.95. The molecular formula is C25H41N5O2. The predicted molar refractivity (Wildman–Crippen MR) is 134 cm³/mol. The molecule has 1 atom stereocenters. The van der Waals surface area contributed by atoms with Gasteiger partial charge in [0.05, 0.1) is 12.6 Å². The Balaban J connectivity index is 0.000000212. The Bertz CT molecular complexity index is 803. The molecular weight excluding hydrogens is 402 g/mol. The van der Waals surface area contributed by atoms with Gasteiger partial charge in [-0.05, 0) is 62.8 Å².